The van der Waals surface area contributed by atoms with Gasteiger partial charge in [-0.15, -0.1) is 0 Å². The number of nitrogens with one attached hydrogen (secondary N) is 1. The third-order valence-corrected chi connectivity index (χ3v) is 4.36. The smallest absolute Gasteiger partial charge is 0.264 e. The highest BCUT2D eigenvalue weighted by Gasteiger charge is 2.09. The predicted molar refractivity (Wildman–Crippen MR) is 102 cm³/mol. The Morgan fingerprint density at radius 2 is 1.70 bits per heavy atom. The van der Waals surface area contributed by atoms with Crippen LogP contribution in [0.1, 0.15) is 17.6 Å². The van der Waals surface area contributed by atoms with Crippen molar-refractivity contribution in [3.63, 3.8) is 0 Å². The lowest BCUT2D eigenvalue weighted by Gasteiger charge is -2.09. The molecule has 0 amide bonds. The Hall–Kier alpha value is -3.41. The predicted octanol–water partition coefficient (Wildman–Crippen LogP) is 5.68. The molecular weight excluding hydrogens is 346 g/mol. The summed E-state index contributed by atoms with van der Waals surface area (Å²) in [6, 6.07) is 12.6. The average Bonchev–Trinajstić information content (AvgIpc) is 2.68. The Morgan fingerprint density at radius 3 is 2.52 bits per heavy atom. The lowest BCUT2D eigenvalue weighted by molar-refractivity contribution is 0.151. The Kier molecular flexibility index (Phi) is 4.46. The van der Waals surface area contributed by atoms with E-state index >= 15 is 0 Å². The van der Waals surface area contributed by atoms with Gasteiger partial charge in [0.25, 0.3) is 6.43 Å². The van der Waals surface area contributed by atoms with Crippen molar-refractivity contribution in [3.8, 4) is 11.1 Å². The number of hydrogen-bond acceptors (Lipinski definition) is 4. The van der Waals surface area contributed by atoms with Gasteiger partial charge in [0.2, 0.25) is 0 Å². The van der Waals surface area contributed by atoms with Crippen molar-refractivity contribution in [3.05, 3.63) is 78.4 Å². The third-order valence-electron chi connectivity index (χ3n) is 4.36. The second kappa shape index (κ2) is 7.07. The summed E-state index contributed by atoms with van der Waals surface area (Å²) in [5.74, 6) is 0.875. The molecule has 0 bridgehead atoms. The van der Waals surface area contributed by atoms with Crippen LogP contribution in [0, 0.1) is 6.92 Å². The number of rotatable bonds is 4. The summed E-state index contributed by atoms with van der Waals surface area (Å²) in [5, 5.41) is 4.96. The van der Waals surface area contributed by atoms with E-state index in [1.807, 2.05) is 37.4 Å². The maximum Gasteiger partial charge on any atom is 0.264 e. The minimum atomic E-state index is -2.54. The van der Waals surface area contributed by atoms with Gasteiger partial charge in [-0.3, -0.25) is 4.98 Å². The molecule has 0 radical (unpaired) electrons. The SMILES string of the molecule is Cc1ccncc1-c1ccc2cnc(Nc3cc(C(F)F)ccn3)cc2c1. The van der Waals surface area contributed by atoms with Crippen LogP contribution in [0.25, 0.3) is 21.9 Å². The van der Waals surface area contributed by atoms with Crippen molar-refractivity contribution in [1.82, 2.24) is 15.0 Å². The Balaban J connectivity index is 1.69. The summed E-state index contributed by atoms with van der Waals surface area (Å²) < 4.78 is 25.7. The third kappa shape index (κ3) is 3.60. The first-order chi connectivity index (χ1) is 13.1. The van der Waals surface area contributed by atoms with E-state index in [4.69, 9.17) is 0 Å². The molecule has 4 nitrogen and oxygen atoms in total. The summed E-state index contributed by atoms with van der Waals surface area (Å²) in [6.07, 6.45) is 4.18. The van der Waals surface area contributed by atoms with Crippen molar-refractivity contribution < 1.29 is 8.78 Å². The van der Waals surface area contributed by atoms with E-state index in [0.717, 1.165) is 27.5 Å². The molecular formula is C21H16F2N4. The molecule has 1 aromatic carbocycles. The van der Waals surface area contributed by atoms with Crippen LogP contribution in [0.2, 0.25) is 0 Å². The van der Waals surface area contributed by atoms with Gasteiger partial charge in [0, 0.05) is 41.3 Å². The zero-order valence-corrected chi connectivity index (χ0v) is 14.5. The van der Waals surface area contributed by atoms with Gasteiger partial charge in [0.05, 0.1) is 0 Å². The van der Waals surface area contributed by atoms with E-state index in [0.29, 0.717) is 11.6 Å². The Labute approximate surface area is 154 Å². The second-order valence-electron chi connectivity index (χ2n) is 6.22. The van der Waals surface area contributed by atoms with Gasteiger partial charge in [-0.05, 0) is 53.8 Å². The largest absolute Gasteiger partial charge is 0.325 e. The molecule has 0 aliphatic carbocycles. The van der Waals surface area contributed by atoms with Crippen molar-refractivity contribution in [1.29, 1.82) is 0 Å². The van der Waals surface area contributed by atoms with Crippen LogP contribution in [-0.4, -0.2) is 15.0 Å². The van der Waals surface area contributed by atoms with Crippen LogP contribution in [0.4, 0.5) is 20.4 Å². The normalized spacial score (nSPS) is 11.1. The summed E-state index contributed by atoms with van der Waals surface area (Å²) in [5.41, 5.74) is 3.19. The average molecular weight is 362 g/mol. The fourth-order valence-corrected chi connectivity index (χ4v) is 2.93. The van der Waals surface area contributed by atoms with Gasteiger partial charge in [-0.1, -0.05) is 12.1 Å². The van der Waals surface area contributed by atoms with Gasteiger partial charge in [-0.2, -0.15) is 0 Å². The lowest BCUT2D eigenvalue weighted by atomic mass is 10.0. The molecule has 0 aliphatic rings. The summed E-state index contributed by atoms with van der Waals surface area (Å²) in [6.45, 7) is 2.04. The highest BCUT2D eigenvalue weighted by Crippen LogP contribution is 2.28. The van der Waals surface area contributed by atoms with E-state index in [-0.39, 0.29) is 5.56 Å². The Bertz CT molecular complexity index is 1110. The first-order valence-corrected chi connectivity index (χ1v) is 8.42. The van der Waals surface area contributed by atoms with Gasteiger partial charge in [-0.25, -0.2) is 18.7 Å². The van der Waals surface area contributed by atoms with Crippen LogP contribution < -0.4 is 5.32 Å². The number of benzene rings is 1. The maximum absolute atomic E-state index is 12.9. The monoisotopic (exact) mass is 362 g/mol. The highest BCUT2D eigenvalue weighted by atomic mass is 19.3. The number of pyridine rings is 3. The number of alkyl halides is 2. The topological polar surface area (TPSA) is 50.7 Å². The zero-order valence-electron chi connectivity index (χ0n) is 14.5. The van der Waals surface area contributed by atoms with Crippen molar-refractivity contribution in [2.45, 2.75) is 13.3 Å². The van der Waals surface area contributed by atoms with Crippen LogP contribution in [0.5, 0.6) is 0 Å². The fourth-order valence-electron chi connectivity index (χ4n) is 2.93. The second-order valence-corrected chi connectivity index (χ2v) is 6.22. The van der Waals surface area contributed by atoms with E-state index in [1.54, 1.807) is 12.4 Å². The fraction of sp³-hybridized carbons (Fsp3) is 0.0952. The number of anilines is 2. The van der Waals surface area contributed by atoms with Crippen LogP contribution in [0.3, 0.4) is 0 Å². The number of halogens is 2. The minimum absolute atomic E-state index is 0.0809. The number of aromatic nitrogens is 3. The molecule has 1 N–H and O–H groups in total. The molecule has 0 saturated carbocycles. The summed E-state index contributed by atoms with van der Waals surface area (Å²) in [4.78, 5) is 12.6. The highest BCUT2D eigenvalue weighted by molar-refractivity contribution is 5.89. The molecule has 0 saturated heterocycles. The molecule has 4 aromatic rings. The van der Waals surface area contributed by atoms with Gasteiger partial charge >= 0.3 is 0 Å². The molecule has 0 unspecified atom stereocenters. The zero-order chi connectivity index (χ0) is 18.8. The quantitative estimate of drug-likeness (QED) is 0.507. The molecule has 3 aromatic heterocycles. The van der Waals surface area contributed by atoms with Crippen LogP contribution in [0.15, 0.2) is 67.3 Å². The first kappa shape index (κ1) is 17.0. The van der Waals surface area contributed by atoms with Gasteiger partial charge < -0.3 is 5.32 Å². The molecule has 27 heavy (non-hydrogen) atoms. The number of fused-ring (bicyclic) bond motifs is 1. The van der Waals surface area contributed by atoms with E-state index in [9.17, 15) is 8.78 Å². The summed E-state index contributed by atoms with van der Waals surface area (Å²) >= 11 is 0. The van der Waals surface area contributed by atoms with Crippen LogP contribution >= 0.6 is 0 Å². The van der Waals surface area contributed by atoms with E-state index in [1.165, 1.54) is 18.3 Å². The van der Waals surface area contributed by atoms with Crippen LogP contribution in [-0.2, 0) is 0 Å². The molecule has 0 aliphatic heterocycles. The van der Waals surface area contributed by atoms with Gasteiger partial charge in [0.15, 0.2) is 0 Å². The summed E-state index contributed by atoms with van der Waals surface area (Å²) in [7, 11) is 0. The van der Waals surface area contributed by atoms with Gasteiger partial charge in [0.1, 0.15) is 11.6 Å². The molecule has 6 heteroatoms. The number of hydrogen-bond donors (Lipinski definition) is 1. The number of aryl methyl sites for hydroxylation is 1. The number of nitrogens with zero attached hydrogens (tertiary/aromatic N) is 3. The first-order valence-electron chi connectivity index (χ1n) is 8.42. The molecule has 4 rings (SSSR count). The van der Waals surface area contributed by atoms with E-state index < -0.39 is 6.43 Å². The van der Waals surface area contributed by atoms with Crippen molar-refractivity contribution in [2.24, 2.45) is 0 Å². The van der Waals surface area contributed by atoms with E-state index in [2.05, 4.69) is 26.3 Å². The molecule has 0 atom stereocenters. The molecule has 0 fully saturated rings. The molecule has 0 spiro atoms. The van der Waals surface area contributed by atoms with Crippen molar-refractivity contribution in [2.75, 3.05) is 5.32 Å². The van der Waals surface area contributed by atoms with Crippen molar-refractivity contribution >= 4 is 22.4 Å². The maximum atomic E-state index is 12.9. The minimum Gasteiger partial charge on any atom is -0.325 e. The molecule has 134 valence electrons. The Morgan fingerprint density at radius 1 is 0.852 bits per heavy atom. The molecule has 3 heterocycles. The lowest BCUT2D eigenvalue weighted by Crippen LogP contribution is -1.97. The standard InChI is InChI=1S/C21H16F2N4/c1-13-4-6-24-12-18(13)14-2-3-16-11-26-20(10-17(16)8-14)27-19-9-15(21(22)23)5-7-25-19/h2-12,21H,1H3,(H,25,26,27).